The lowest BCUT2D eigenvalue weighted by Crippen LogP contribution is -2.50. The minimum Gasteiger partial charge on any atom is -0.494 e. The zero-order chi connectivity index (χ0) is 26.8. The molecule has 2 N–H and O–H groups in total. The molecule has 3 aromatic rings. The van der Waals surface area contributed by atoms with Crippen LogP contribution in [0.5, 0.6) is 5.75 Å². The first-order valence-electron chi connectivity index (χ1n) is 13.2. The summed E-state index contributed by atoms with van der Waals surface area (Å²) in [5.41, 5.74) is 1.50. The Morgan fingerprint density at radius 2 is 1.76 bits per heavy atom. The summed E-state index contributed by atoms with van der Waals surface area (Å²) in [5, 5.41) is 12.2. The molecule has 200 valence electrons. The highest BCUT2D eigenvalue weighted by Crippen LogP contribution is 2.42. The van der Waals surface area contributed by atoms with Gasteiger partial charge in [0.1, 0.15) is 5.75 Å². The smallest absolute Gasteiger partial charge is 0.252 e. The van der Waals surface area contributed by atoms with Crippen LogP contribution in [-0.4, -0.2) is 42.2 Å². The quantitative estimate of drug-likeness (QED) is 0.243. The number of carbonyl (C=O) groups is 1. The molecule has 1 aliphatic rings. The van der Waals surface area contributed by atoms with E-state index in [9.17, 15) is 4.79 Å². The molecular weight excluding hydrogens is 544 g/mol. The van der Waals surface area contributed by atoms with E-state index in [0.717, 1.165) is 40.4 Å². The lowest BCUT2D eigenvalue weighted by atomic mass is 9.82. The average molecular weight is 580 g/mol. The second kappa shape index (κ2) is 13.6. The lowest BCUT2D eigenvalue weighted by Gasteiger charge is -2.31. The monoisotopic (exact) mass is 578 g/mol. The zero-order valence-electron chi connectivity index (χ0n) is 21.7. The molecule has 4 rings (SSSR count). The van der Waals surface area contributed by atoms with Crippen molar-refractivity contribution in [2.24, 2.45) is 4.99 Å². The van der Waals surface area contributed by atoms with Crippen molar-refractivity contribution in [1.82, 2.24) is 5.32 Å². The van der Waals surface area contributed by atoms with Gasteiger partial charge in [-0.1, -0.05) is 78.2 Å². The minimum atomic E-state index is -1.17. The Bertz CT molecular complexity index is 1200. The fourth-order valence-electron chi connectivity index (χ4n) is 4.55. The molecule has 0 saturated heterocycles. The number of ether oxygens (including phenoxy) is 2. The average Bonchev–Trinajstić information content (AvgIpc) is 3.34. The molecule has 0 aromatic heterocycles. The molecule has 0 spiro atoms. The Morgan fingerprint density at radius 3 is 2.45 bits per heavy atom. The van der Waals surface area contributed by atoms with Gasteiger partial charge < -0.3 is 19.9 Å². The van der Waals surface area contributed by atoms with Gasteiger partial charge in [0.05, 0.1) is 6.61 Å². The van der Waals surface area contributed by atoms with Crippen LogP contribution in [-0.2, 0) is 16.0 Å². The number of hydrogen-bond donors (Lipinski definition) is 2. The van der Waals surface area contributed by atoms with E-state index in [1.54, 1.807) is 0 Å². The number of carbonyl (C=O) groups excluding carboxylic acids is 1. The van der Waals surface area contributed by atoms with E-state index in [2.05, 4.69) is 28.2 Å². The number of unbranched alkanes of at least 4 members (excludes halogenated alkanes) is 2. The number of hydrogen-bond acceptors (Lipinski definition) is 5. The Balaban J connectivity index is 1.72. The topological polar surface area (TPSA) is 80.2 Å². The van der Waals surface area contributed by atoms with Crippen LogP contribution in [0.2, 0.25) is 0 Å². The Morgan fingerprint density at radius 1 is 1.03 bits per heavy atom. The fourth-order valence-corrected chi connectivity index (χ4v) is 4.82. The number of halogens is 1. The molecule has 1 heterocycles. The summed E-state index contributed by atoms with van der Waals surface area (Å²) in [6, 6.07) is 25.3. The van der Waals surface area contributed by atoms with Crippen LogP contribution in [0.1, 0.15) is 55.4 Å². The van der Waals surface area contributed by atoms with E-state index < -0.39 is 11.6 Å². The van der Waals surface area contributed by atoms with Crippen LogP contribution >= 0.6 is 15.9 Å². The van der Waals surface area contributed by atoms with E-state index in [0.29, 0.717) is 37.6 Å². The third kappa shape index (κ3) is 6.83. The van der Waals surface area contributed by atoms with E-state index in [1.807, 2.05) is 78.9 Å². The van der Waals surface area contributed by atoms with Crippen LogP contribution in [0.4, 0.5) is 0 Å². The molecule has 0 bridgehead atoms. The third-order valence-electron chi connectivity index (χ3n) is 6.59. The Hall–Kier alpha value is -3.16. The second-order valence-electron chi connectivity index (χ2n) is 9.47. The molecular formula is C31H35BrN2O4. The first-order valence-corrected chi connectivity index (χ1v) is 14.0. The molecule has 0 saturated carbocycles. The maximum Gasteiger partial charge on any atom is 0.252 e. The molecule has 7 heteroatoms. The van der Waals surface area contributed by atoms with Gasteiger partial charge in [-0.15, -0.1) is 0 Å². The van der Waals surface area contributed by atoms with Crippen molar-refractivity contribution < 1.29 is 19.4 Å². The predicted molar refractivity (Wildman–Crippen MR) is 154 cm³/mol. The highest BCUT2D eigenvalue weighted by Gasteiger charge is 2.53. The molecule has 2 atom stereocenters. The lowest BCUT2D eigenvalue weighted by molar-refractivity contribution is -0.128. The van der Waals surface area contributed by atoms with Gasteiger partial charge in [-0.05, 0) is 53.9 Å². The van der Waals surface area contributed by atoms with Crippen LogP contribution < -0.4 is 10.1 Å². The van der Waals surface area contributed by atoms with E-state index in [1.165, 1.54) is 0 Å². The molecule has 3 aromatic carbocycles. The number of rotatable bonds is 13. The van der Waals surface area contributed by atoms with Crippen molar-refractivity contribution in [3.63, 3.8) is 0 Å². The summed E-state index contributed by atoms with van der Waals surface area (Å²) in [6.07, 6.45) is 3.43. The number of nitrogens with zero attached hydrogens (tertiary/aromatic N) is 1. The number of nitrogens with one attached hydrogen (secondary N) is 1. The van der Waals surface area contributed by atoms with Gasteiger partial charge in [0.25, 0.3) is 5.91 Å². The van der Waals surface area contributed by atoms with Crippen LogP contribution in [0.15, 0.2) is 88.3 Å². The number of benzene rings is 3. The Labute approximate surface area is 233 Å². The van der Waals surface area contributed by atoms with Gasteiger partial charge in [0.2, 0.25) is 5.90 Å². The van der Waals surface area contributed by atoms with Crippen molar-refractivity contribution in [2.45, 2.75) is 50.7 Å². The van der Waals surface area contributed by atoms with Crippen molar-refractivity contribution in [2.75, 3.05) is 19.8 Å². The van der Waals surface area contributed by atoms with Gasteiger partial charge in [0.15, 0.2) is 11.6 Å². The van der Waals surface area contributed by atoms with Crippen molar-refractivity contribution in [3.05, 3.63) is 100 Å². The number of aliphatic imine (C=N–C) groups is 1. The summed E-state index contributed by atoms with van der Waals surface area (Å²) in [7, 11) is 0. The normalized spacial score (nSPS) is 18.5. The third-order valence-corrected chi connectivity index (χ3v) is 7.11. The van der Waals surface area contributed by atoms with Crippen molar-refractivity contribution in [3.8, 4) is 5.75 Å². The SMILES string of the molecule is CCCCCNC(=O)[C@]1(Cc2ccc(Br)cc2)N=C(c2ccc(OCCCO)cc2)O[C@@H]1c1ccccc1. The molecule has 6 nitrogen and oxygen atoms in total. The molecule has 0 radical (unpaired) electrons. The van der Waals surface area contributed by atoms with Crippen LogP contribution in [0.3, 0.4) is 0 Å². The van der Waals surface area contributed by atoms with E-state index in [4.69, 9.17) is 19.6 Å². The first-order chi connectivity index (χ1) is 18.6. The van der Waals surface area contributed by atoms with Gasteiger partial charge >= 0.3 is 0 Å². The van der Waals surface area contributed by atoms with Gasteiger partial charge in [-0.25, -0.2) is 4.99 Å². The maximum atomic E-state index is 14.0. The molecule has 38 heavy (non-hydrogen) atoms. The predicted octanol–water partition coefficient (Wildman–Crippen LogP) is 6.02. The Kier molecular flexibility index (Phi) is 9.96. The number of aliphatic hydroxyl groups excluding tert-OH is 1. The first kappa shape index (κ1) is 27.9. The summed E-state index contributed by atoms with van der Waals surface area (Å²) in [4.78, 5) is 19.1. The molecule has 0 unspecified atom stereocenters. The summed E-state index contributed by atoms with van der Waals surface area (Å²) >= 11 is 3.51. The van der Waals surface area contributed by atoms with Gasteiger partial charge in [-0.2, -0.15) is 0 Å². The molecule has 0 aliphatic carbocycles. The molecule has 1 aliphatic heterocycles. The van der Waals surface area contributed by atoms with Gasteiger partial charge in [-0.3, -0.25) is 4.79 Å². The summed E-state index contributed by atoms with van der Waals surface area (Å²) < 4.78 is 13.2. The highest BCUT2D eigenvalue weighted by atomic mass is 79.9. The fraction of sp³-hybridized carbons (Fsp3) is 0.355. The standard InChI is InChI=1S/C31H35BrN2O4/c1-2-3-7-19-33-30(36)31(22-23-11-15-26(32)16-12-23)28(24-9-5-4-6-10-24)38-29(34-31)25-13-17-27(18-14-25)37-21-8-20-35/h4-6,9-18,28,35H,2-3,7-8,19-22H2,1H3,(H,33,36)/t28-,31-/m1/s1. The van der Waals surface area contributed by atoms with Gasteiger partial charge in [0, 0.05) is 36.0 Å². The number of amides is 1. The van der Waals surface area contributed by atoms with Crippen molar-refractivity contribution >= 4 is 27.7 Å². The summed E-state index contributed by atoms with van der Waals surface area (Å²) in [5.74, 6) is 1.00. The van der Waals surface area contributed by atoms with E-state index >= 15 is 0 Å². The summed E-state index contributed by atoms with van der Waals surface area (Å²) in [6.45, 7) is 3.27. The van der Waals surface area contributed by atoms with Crippen LogP contribution in [0.25, 0.3) is 0 Å². The van der Waals surface area contributed by atoms with E-state index in [-0.39, 0.29) is 12.5 Å². The molecule has 0 fully saturated rings. The zero-order valence-corrected chi connectivity index (χ0v) is 23.3. The maximum absolute atomic E-state index is 14.0. The largest absolute Gasteiger partial charge is 0.494 e. The minimum absolute atomic E-state index is 0.0879. The number of aliphatic hydroxyl groups is 1. The second-order valence-corrected chi connectivity index (χ2v) is 10.4. The van der Waals surface area contributed by atoms with Crippen molar-refractivity contribution in [1.29, 1.82) is 0 Å². The highest BCUT2D eigenvalue weighted by molar-refractivity contribution is 9.10. The van der Waals surface area contributed by atoms with Crippen LogP contribution in [0, 0.1) is 0 Å². The molecule has 1 amide bonds.